The van der Waals surface area contributed by atoms with Crippen molar-refractivity contribution in [2.45, 2.75) is 6.92 Å². The number of hydrogen-bond acceptors (Lipinski definition) is 2. The molecule has 0 saturated heterocycles. The average molecular weight is 155 g/mol. The Morgan fingerprint density at radius 1 is 1.60 bits per heavy atom. The van der Waals surface area contributed by atoms with Crippen LogP contribution in [-0.2, 0) is 7.05 Å². The molecular weight excluding hydrogens is 146 g/mol. The van der Waals surface area contributed by atoms with Crippen molar-refractivity contribution in [3.63, 3.8) is 0 Å². The lowest BCUT2D eigenvalue weighted by Gasteiger charge is -2.04. The first-order chi connectivity index (χ1) is 4.63. The fourth-order valence-corrected chi connectivity index (χ4v) is 0.924. The van der Waals surface area contributed by atoms with Gasteiger partial charge in [-0.2, -0.15) is 0 Å². The van der Waals surface area contributed by atoms with Crippen LogP contribution in [0.15, 0.2) is 12.3 Å². The lowest BCUT2D eigenvalue weighted by atomic mass is 10.3. The van der Waals surface area contributed by atoms with Gasteiger partial charge in [-0.05, 0) is 13.0 Å². The summed E-state index contributed by atoms with van der Waals surface area (Å²) >= 11 is 4.84. The Balaban J connectivity index is 3.49. The van der Waals surface area contributed by atoms with Gasteiger partial charge in [-0.25, -0.2) is 0 Å². The van der Waals surface area contributed by atoms with Crippen molar-refractivity contribution in [1.82, 2.24) is 4.57 Å². The molecule has 0 unspecified atom stereocenters. The first-order valence-electron chi connectivity index (χ1n) is 2.98. The zero-order chi connectivity index (χ0) is 7.72. The molecule has 0 radical (unpaired) electrons. The quantitative estimate of drug-likeness (QED) is 0.577. The molecule has 1 heterocycles. The van der Waals surface area contributed by atoms with Crippen molar-refractivity contribution >= 4 is 12.2 Å². The third-order valence-electron chi connectivity index (χ3n) is 1.55. The van der Waals surface area contributed by atoms with Crippen LogP contribution >= 0.6 is 12.2 Å². The maximum Gasteiger partial charge on any atom is 0.152 e. The maximum absolute atomic E-state index is 9.26. The minimum absolute atomic E-state index is 0.208. The third kappa shape index (κ3) is 1.04. The van der Waals surface area contributed by atoms with Crippen LogP contribution in [0.25, 0.3) is 0 Å². The van der Waals surface area contributed by atoms with E-state index in [0.717, 1.165) is 5.69 Å². The molecule has 3 heteroatoms. The SMILES string of the molecule is Cc1c(O)c(=S)ccn1C. The van der Waals surface area contributed by atoms with Crippen LogP contribution in [0.4, 0.5) is 0 Å². The van der Waals surface area contributed by atoms with Gasteiger partial charge < -0.3 is 9.67 Å². The first kappa shape index (κ1) is 7.28. The van der Waals surface area contributed by atoms with Crippen molar-refractivity contribution < 1.29 is 5.11 Å². The molecule has 0 bridgehead atoms. The first-order valence-corrected chi connectivity index (χ1v) is 3.39. The number of aromatic hydroxyl groups is 1. The topological polar surface area (TPSA) is 25.2 Å². The van der Waals surface area contributed by atoms with E-state index in [9.17, 15) is 5.11 Å². The molecule has 1 N–H and O–H groups in total. The molecule has 0 fully saturated rings. The number of pyridine rings is 1. The van der Waals surface area contributed by atoms with Crippen LogP contribution in [0.3, 0.4) is 0 Å². The summed E-state index contributed by atoms with van der Waals surface area (Å²) in [6, 6.07) is 1.71. The second-order valence-corrected chi connectivity index (χ2v) is 2.66. The van der Waals surface area contributed by atoms with Crippen LogP contribution in [0.1, 0.15) is 5.69 Å². The van der Waals surface area contributed by atoms with Crippen LogP contribution < -0.4 is 0 Å². The van der Waals surface area contributed by atoms with Crippen LogP contribution in [-0.4, -0.2) is 9.67 Å². The summed E-state index contributed by atoms with van der Waals surface area (Å²) in [6.07, 6.45) is 1.83. The number of nitrogens with zero attached hydrogens (tertiary/aromatic N) is 1. The highest BCUT2D eigenvalue weighted by molar-refractivity contribution is 7.71. The summed E-state index contributed by atoms with van der Waals surface area (Å²) in [6.45, 7) is 1.82. The summed E-state index contributed by atoms with van der Waals surface area (Å²) < 4.78 is 2.33. The molecule has 0 aliphatic carbocycles. The second kappa shape index (κ2) is 2.42. The molecular formula is C7H9NOS. The number of aryl methyl sites for hydroxylation is 1. The van der Waals surface area contributed by atoms with E-state index in [4.69, 9.17) is 12.2 Å². The molecule has 0 saturated carbocycles. The Hall–Kier alpha value is -0.830. The van der Waals surface area contributed by atoms with Gasteiger partial charge >= 0.3 is 0 Å². The van der Waals surface area contributed by atoms with E-state index < -0.39 is 0 Å². The Bertz CT molecular complexity index is 303. The van der Waals surface area contributed by atoms with Crippen molar-refractivity contribution in [1.29, 1.82) is 0 Å². The summed E-state index contributed by atoms with van der Waals surface area (Å²) in [5.74, 6) is 0.208. The van der Waals surface area contributed by atoms with Gasteiger partial charge in [0.15, 0.2) is 5.75 Å². The highest BCUT2D eigenvalue weighted by Gasteiger charge is 1.97. The van der Waals surface area contributed by atoms with Gasteiger partial charge in [0.05, 0.1) is 10.2 Å². The lowest BCUT2D eigenvalue weighted by molar-refractivity contribution is 0.460. The minimum Gasteiger partial charge on any atom is -0.505 e. The summed E-state index contributed by atoms with van der Waals surface area (Å²) in [5.41, 5.74) is 0.799. The Kier molecular flexibility index (Phi) is 1.76. The summed E-state index contributed by atoms with van der Waals surface area (Å²) in [4.78, 5) is 0. The van der Waals surface area contributed by atoms with E-state index in [0.29, 0.717) is 4.51 Å². The van der Waals surface area contributed by atoms with Crippen LogP contribution in [0.5, 0.6) is 5.75 Å². The van der Waals surface area contributed by atoms with Gasteiger partial charge in [0.1, 0.15) is 0 Å². The molecule has 0 aromatic carbocycles. The molecule has 0 amide bonds. The largest absolute Gasteiger partial charge is 0.505 e. The van der Waals surface area contributed by atoms with Crippen molar-refractivity contribution in [3.8, 4) is 5.75 Å². The Morgan fingerprint density at radius 3 is 2.70 bits per heavy atom. The van der Waals surface area contributed by atoms with E-state index in [1.165, 1.54) is 0 Å². The van der Waals surface area contributed by atoms with Gasteiger partial charge in [-0.1, -0.05) is 12.2 Å². The van der Waals surface area contributed by atoms with E-state index in [2.05, 4.69) is 0 Å². The lowest BCUT2D eigenvalue weighted by Crippen LogP contribution is -1.94. The highest BCUT2D eigenvalue weighted by atomic mass is 32.1. The maximum atomic E-state index is 9.26. The average Bonchev–Trinajstić information content (AvgIpc) is 1.93. The molecule has 54 valence electrons. The minimum atomic E-state index is 0.208. The normalized spacial score (nSPS) is 9.80. The number of rotatable bonds is 0. The molecule has 0 spiro atoms. The molecule has 1 aromatic rings. The van der Waals surface area contributed by atoms with E-state index in [-0.39, 0.29) is 5.75 Å². The molecule has 1 aromatic heterocycles. The summed E-state index contributed by atoms with van der Waals surface area (Å²) in [7, 11) is 1.86. The number of aromatic nitrogens is 1. The predicted molar refractivity (Wildman–Crippen MR) is 42.6 cm³/mol. The van der Waals surface area contributed by atoms with Crippen molar-refractivity contribution in [3.05, 3.63) is 22.5 Å². The molecule has 0 aliphatic rings. The predicted octanol–water partition coefficient (Wildman–Crippen LogP) is 1.77. The van der Waals surface area contributed by atoms with Gasteiger partial charge in [0, 0.05) is 13.2 Å². The van der Waals surface area contributed by atoms with E-state index in [1.54, 1.807) is 6.07 Å². The zero-order valence-corrected chi connectivity index (χ0v) is 6.77. The van der Waals surface area contributed by atoms with Crippen LogP contribution in [0, 0.1) is 11.4 Å². The Morgan fingerprint density at radius 2 is 2.20 bits per heavy atom. The Labute approximate surface area is 64.7 Å². The highest BCUT2D eigenvalue weighted by Crippen LogP contribution is 2.15. The summed E-state index contributed by atoms with van der Waals surface area (Å²) in [5, 5.41) is 9.26. The number of hydrogen-bond donors (Lipinski definition) is 1. The second-order valence-electron chi connectivity index (χ2n) is 2.22. The molecule has 2 nitrogen and oxygen atoms in total. The standard InChI is InChI=1S/C7H9NOS/c1-5-7(9)6(10)3-4-8(5)2/h3-4,9H,1-2H3. The zero-order valence-electron chi connectivity index (χ0n) is 5.96. The molecule has 0 aliphatic heterocycles. The van der Waals surface area contributed by atoms with Crippen molar-refractivity contribution in [2.24, 2.45) is 7.05 Å². The van der Waals surface area contributed by atoms with Gasteiger partial charge in [-0.3, -0.25) is 0 Å². The van der Waals surface area contributed by atoms with E-state index >= 15 is 0 Å². The smallest absolute Gasteiger partial charge is 0.152 e. The fourth-order valence-electron chi connectivity index (χ4n) is 0.716. The van der Waals surface area contributed by atoms with Crippen molar-refractivity contribution in [2.75, 3.05) is 0 Å². The van der Waals surface area contributed by atoms with Gasteiger partial charge in [-0.15, -0.1) is 0 Å². The van der Waals surface area contributed by atoms with Gasteiger partial charge in [0.2, 0.25) is 0 Å². The third-order valence-corrected chi connectivity index (χ3v) is 1.88. The van der Waals surface area contributed by atoms with E-state index in [1.807, 2.05) is 24.7 Å². The monoisotopic (exact) mass is 155 g/mol. The molecule has 0 atom stereocenters. The van der Waals surface area contributed by atoms with Crippen LogP contribution in [0.2, 0.25) is 0 Å². The molecule has 10 heavy (non-hydrogen) atoms. The van der Waals surface area contributed by atoms with Gasteiger partial charge in [0.25, 0.3) is 0 Å². The molecule has 1 rings (SSSR count). The fraction of sp³-hybridized carbons (Fsp3) is 0.286.